The molecule has 0 aliphatic heterocycles. The first-order valence-corrected chi connectivity index (χ1v) is 10.4. The molecule has 0 aliphatic rings. The molecule has 26 heavy (non-hydrogen) atoms. The van der Waals surface area contributed by atoms with Gasteiger partial charge in [0.1, 0.15) is 0 Å². The van der Waals surface area contributed by atoms with Gasteiger partial charge in [-0.1, -0.05) is 29.8 Å². The number of anilines is 2. The monoisotopic (exact) mass is 394 g/mol. The molecule has 0 saturated heterocycles. The first-order chi connectivity index (χ1) is 12.1. The summed E-state index contributed by atoms with van der Waals surface area (Å²) in [5.74, 6) is -0.259. The number of carbonyl (C=O) groups excluding carboxylic acids is 1. The van der Waals surface area contributed by atoms with Gasteiger partial charge in [-0.05, 0) is 55.7 Å². The molecule has 0 heterocycles. The minimum absolute atomic E-state index is 0.0140. The Kier molecular flexibility index (Phi) is 6.31. The fraction of sp³-hybridized carbons (Fsp3) is 0.316. The highest BCUT2D eigenvalue weighted by molar-refractivity contribution is 7.92. The van der Waals surface area contributed by atoms with Crippen molar-refractivity contribution in [3.63, 3.8) is 0 Å². The third-order valence-corrected chi connectivity index (χ3v) is 5.35. The standard InChI is InChI=1S/C19H23ClN2O3S/c1-13-6-5-7-16(11-13)21-18(23)8-9-22(26(4,24)25)19-15(3)10-14(2)12-17(19)20/h5-7,10-12H,8-9H2,1-4H3,(H,21,23). The summed E-state index contributed by atoms with van der Waals surface area (Å²) in [6.07, 6.45) is 1.13. The van der Waals surface area contributed by atoms with E-state index in [0.29, 0.717) is 16.4 Å². The van der Waals surface area contributed by atoms with Crippen molar-refractivity contribution in [2.24, 2.45) is 0 Å². The topological polar surface area (TPSA) is 66.5 Å². The molecular formula is C19H23ClN2O3S. The predicted octanol–water partition coefficient (Wildman–Crippen LogP) is 4.06. The first-order valence-electron chi connectivity index (χ1n) is 8.19. The van der Waals surface area contributed by atoms with Gasteiger partial charge in [0.25, 0.3) is 0 Å². The van der Waals surface area contributed by atoms with E-state index in [9.17, 15) is 13.2 Å². The van der Waals surface area contributed by atoms with Crippen LogP contribution in [0.1, 0.15) is 23.1 Å². The highest BCUT2D eigenvalue weighted by Gasteiger charge is 2.23. The van der Waals surface area contributed by atoms with E-state index in [1.807, 2.05) is 38.1 Å². The summed E-state index contributed by atoms with van der Waals surface area (Å²) in [5, 5.41) is 3.14. The smallest absolute Gasteiger partial charge is 0.232 e. The maximum atomic E-state index is 12.3. The summed E-state index contributed by atoms with van der Waals surface area (Å²) in [4.78, 5) is 12.2. The second kappa shape index (κ2) is 8.10. The number of halogens is 1. The van der Waals surface area contributed by atoms with Crippen LogP contribution in [0.2, 0.25) is 5.02 Å². The summed E-state index contributed by atoms with van der Waals surface area (Å²) < 4.78 is 25.7. The molecule has 140 valence electrons. The molecule has 0 unspecified atom stereocenters. The van der Waals surface area contributed by atoms with Crippen LogP contribution in [0.4, 0.5) is 11.4 Å². The van der Waals surface area contributed by atoms with Crippen molar-refractivity contribution >= 4 is 38.9 Å². The zero-order chi connectivity index (χ0) is 19.5. The number of amides is 1. The van der Waals surface area contributed by atoms with Gasteiger partial charge in [0.2, 0.25) is 15.9 Å². The molecule has 0 bridgehead atoms. The highest BCUT2D eigenvalue weighted by atomic mass is 35.5. The lowest BCUT2D eigenvalue weighted by atomic mass is 10.1. The molecule has 1 amide bonds. The Hall–Kier alpha value is -2.05. The van der Waals surface area contributed by atoms with Gasteiger partial charge in [-0.2, -0.15) is 0 Å². The van der Waals surface area contributed by atoms with Crippen molar-refractivity contribution in [2.75, 3.05) is 22.4 Å². The number of hydrogen-bond acceptors (Lipinski definition) is 3. The number of nitrogens with one attached hydrogen (secondary N) is 1. The molecule has 0 fully saturated rings. The fourth-order valence-corrected chi connectivity index (χ4v) is 4.29. The summed E-state index contributed by atoms with van der Waals surface area (Å²) in [5.41, 5.74) is 3.83. The van der Waals surface area contributed by atoms with Crippen LogP contribution in [0.15, 0.2) is 36.4 Å². The SMILES string of the molecule is Cc1cccc(NC(=O)CCN(c2c(C)cc(C)cc2Cl)S(C)(=O)=O)c1. The van der Waals surface area contributed by atoms with Crippen LogP contribution >= 0.6 is 11.6 Å². The van der Waals surface area contributed by atoms with E-state index >= 15 is 0 Å². The molecule has 2 rings (SSSR count). The number of carbonyl (C=O) groups is 1. The second-order valence-electron chi connectivity index (χ2n) is 6.42. The number of sulfonamides is 1. The van der Waals surface area contributed by atoms with Crippen molar-refractivity contribution in [3.05, 3.63) is 58.1 Å². The maximum absolute atomic E-state index is 12.3. The Morgan fingerprint density at radius 1 is 1.12 bits per heavy atom. The molecule has 0 atom stereocenters. The van der Waals surface area contributed by atoms with Crippen molar-refractivity contribution in [3.8, 4) is 0 Å². The molecule has 1 N–H and O–H groups in total. The highest BCUT2D eigenvalue weighted by Crippen LogP contribution is 2.32. The Morgan fingerprint density at radius 3 is 2.38 bits per heavy atom. The Morgan fingerprint density at radius 2 is 1.81 bits per heavy atom. The van der Waals surface area contributed by atoms with Crippen LogP contribution in [0.25, 0.3) is 0 Å². The van der Waals surface area contributed by atoms with Gasteiger partial charge in [-0.15, -0.1) is 0 Å². The molecule has 2 aromatic carbocycles. The normalized spacial score (nSPS) is 11.3. The Balaban J connectivity index is 2.19. The number of hydrogen-bond donors (Lipinski definition) is 1. The molecule has 0 spiro atoms. The van der Waals surface area contributed by atoms with Crippen molar-refractivity contribution in [1.82, 2.24) is 0 Å². The predicted molar refractivity (Wildman–Crippen MR) is 108 cm³/mol. The number of nitrogens with zero attached hydrogens (tertiary/aromatic N) is 1. The van der Waals surface area contributed by atoms with Gasteiger partial charge < -0.3 is 5.32 Å². The minimum Gasteiger partial charge on any atom is -0.326 e. The van der Waals surface area contributed by atoms with Gasteiger partial charge >= 0.3 is 0 Å². The maximum Gasteiger partial charge on any atom is 0.232 e. The van der Waals surface area contributed by atoms with E-state index in [0.717, 1.165) is 22.9 Å². The molecule has 0 aromatic heterocycles. The summed E-state index contributed by atoms with van der Waals surface area (Å²) in [7, 11) is -3.58. The second-order valence-corrected chi connectivity index (χ2v) is 8.73. The molecule has 0 saturated carbocycles. The Labute approximate surface area is 160 Å². The third kappa shape index (κ3) is 5.22. The van der Waals surface area contributed by atoms with Gasteiger partial charge in [0, 0.05) is 18.7 Å². The largest absolute Gasteiger partial charge is 0.326 e. The average molecular weight is 395 g/mol. The van der Waals surface area contributed by atoms with E-state index in [-0.39, 0.29) is 18.9 Å². The third-order valence-electron chi connectivity index (χ3n) is 3.89. The Bertz CT molecular complexity index is 903. The molecule has 5 nitrogen and oxygen atoms in total. The lowest BCUT2D eigenvalue weighted by Crippen LogP contribution is -2.33. The van der Waals surface area contributed by atoms with E-state index in [1.54, 1.807) is 19.1 Å². The van der Waals surface area contributed by atoms with Crippen LogP contribution in [0.3, 0.4) is 0 Å². The van der Waals surface area contributed by atoms with Gasteiger partial charge in [0.05, 0.1) is 17.0 Å². The summed E-state index contributed by atoms with van der Waals surface area (Å²) in [6.45, 7) is 5.64. The van der Waals surface area contributed by atoms with Crippen molar-refractivity contribution in [2.45, 2.75) is 27.2 Å². The molecule has 7 heteroatoms. The van der Waals surface area contributed by atoms with E-state index in [2.05, 4.69) is 5.32 Å². The summed E-state index contributed by atoms with van der Waals surface area (Å²) in [6, 6.07) is 11.0. The van der Waals surface area contributed by atoms with Gasteiger partial charge in [-0.3, -0.25) is 9.10 Å². The molecule has 0 radical (unpaired) electrons. The fourth-order valence-electron chi connectivity index (χ4n) is 2.82. The van der Waals surface area contributed by atoms with E-state index in [1.165, 1.54) is 4.31 Å². The van der Waals surface area contributed by atoms with E-state index < -0.39 is 10.0 Å². The number of rotatable bonds is 6. The van der Waals surface area contributed by atoms with Crippen LogP contribution in [-0.4, -0.2) is 27.1 Å². The van der Waals surface area contributed by atoms with Crippen LogP contribution in [-0.2, 0) is 14.8 Å². The van der Waals surface area contributed by atoms with Gasteiger partial charge in [-0.25, -0.2) is 8.42 Å². The van der Waals surface area contributed by atoms with Crippen molar-refractivity contribution < 1.29 is 13.2 Å². The zero-order valence-corrected chi connectivity index (χ0v) is 16.9. The number of aryl methyl sites for hydroxylation is 3. The van der Waals surface area contributed by atoms with Gasteiger partial charge in [0.15, 0.2) is 0 Å². The van der Waals surface area contributed by atoms with Crippen molar-refractivity contribution in [1.29, 1.82) is 0 Å². The molecular weight excluding hydrogens is 372 g/mol. The minimum atomic E-state index is -3.58. The lowest BCUT2D eigenvalue weighted by molar-refractivity contribution is -0.116. The lowest BCUT2D eigenvalue weighted by Gasteiger charge is -2.25. The van der Waals surface area contributed by atoms with Crippen LogP contribution < -0.4 is 9.62 Å². The number of benzene rings is 2. The van der Waals surface area contributed by atoms with E-state index in [4.69, 9.17) is 11.6 Å². The molecule has 2 aromatic rings. The van der Waals surface area contributed by atoms with Crippen LogP contribution in [0.5, 0.6) is 0 Å². The quantitative estimate of drug-likeness (QED) is 0.803. The average Bonchev–Trinajstić information content (AvgIpc) is 2.48. The summed E-state index contributed by atoms with van der Waals surface area (Å²) >= 11 is 6.29. The first kappa shape index (κ1) is 20.3. The molecule has 0 aliphatic carbocycles. The zero-order valence-electron chi connectivity index (χ0n) is 15.3. The van der Waals surface area contributed by atoms with Crippen LogP contribution in [0, 0.1) is 20.8 Å².